The second-order valence-electron chi connectivity index (χ2n) is 7.02. The van der Waals surface area contributed by atoms with Gasteiger partial charge in [-0.1, -0.05) is 6.92 Å². The van der Waals surface area contributed by atoms with E-state index in [1.54, 1.807) is 24.3 Å². The first-order valence-corrected chi connectivity index (χ1v) is 11.9. The molecule has 0 fully saturated rings. The highest BCUT2D eigenvalue weighted by atomic mass is 32.2. The summed E-state index contributed by atoms with van der Waals surface area (Å²) in [7, 11) is -3.70. The third kappa shape index (κ3) is 4.54. The Balaban J connectivity index is 1.42. The van der Waals surface area contributed by atoms with Crippen LogP contribution >= 0.6 is 11.8 Å². The van der Waals surface area contributed by atoms with Crippen LogP contribution < -0.4 is 20.1 Å². The molecule has 158 valence electrons. The molecule has 30 heavy (non-hydrogen) atoms. The maximum Gasteiger partial charge on any atom is 0.231 e. The van der Waals surface area contributed by atoms with Crippen molar-refractivity contribution in [2.75, 3.05) is 23.2 Å². The van der Waals surface area contributed by atoms with Crippen LogP contribution in [0.3, 0.4) is 0 Å². The van der Waals surface area contributed by atoms with Gasteiger partial charge in [-0.3, -0.25) is 9.59 Å². The second kappa shape index (κ2) is 8.19. The molecule has 0 aliphatic carbocycles. The number of ether oxygens (including phenoxy) is 2. The van der Waals surface area contributed by atoms with Crippen molar-refractivity contribution in [1.82, 2.24) is 0 Å². The Morgan fingerprint density at radius 2 is 2.00 bits per heavy atom. The number of thioether (sulfide) groups is 1. The number of sulfone groups is 1. The van der Waals surface area contributed by atoms with Crippen molar-refractivity contribution in [3.05, 3.63) is 36.4 Å². The Bertz CT molecular complexity index is 1120. The largest absolute Gasteiger partial charge is 0.454 e. The molecular formula is C20H20N2O6S2. The number of carbonyl (C=O) groups is 2. The fraction of sp³-hybridized carbons (Fsp3) is 0.300. The van der Waals surface area contributed by atoms with Gasteiger partial charge in [0.05, 0.1) is 16.3 Å². The number of fused-ring (bicyclic) bond motifs is 2. The molecule has 0 radical (unpaired) electrons. The van der Waals surface area contributed by atoms with Crippen molar-refractivity contribution < 1.29 is 27.5 Å². The predicted octanol–water partition coefficient (Wildman–Crippen LogP) is 3.04. The molecule has 10 heteroatoms. The summed E-state index contributed by atoms with van der Waals surface area (Å²) < 4.78 is 35.9. The van der Waals surface area contributed by atoms with Crippen LogP contribution in [0.15, 0.2) is 46.2 Å². The molecule has 2 aliphatic heterocycles. The third-order valence-electron chi connectivity index (χ3n) is 4.64. The smallest absolute Gasteiger partial charge is 0.231 e. The van der Waals surface area contributed by atoms with E-state index in [1.165, 1.54) is 23.9 Å². The van der Waals surface area contributed by atoms with E-state index in [9.17, 15) is 18.0 Å². The maximum absolute atomic E-state index is 12.7. The summed E-state index contributed by atoms with van der Waals surface area (Å²) in [6.45, 7) is 2.08. The molecule has 2 aromatic rings. The fourth-order valence-electron chi connectivity index (χ4n) is 3.17. The van der Waals surface area contributed by atoms with Crippen LogP contribution in [0.5, 0.6) is 11.5 Å². The topological polar surface area (TPSA) is 111 Å². The summed E-state index contributed by atoms with van der Waals surface area (Å²) in [4.78, 5) is 25.1. The number of nitrogens with one attached hydrogen (secondary N) is 2. The molecule has 2 aliphatic rings. The average molecular weight is 449 g/mol. The quantitative estimate of drug-likeness (QED) is 0.723. The molecule has 0 saturated carbocycles. The molecular weight excluding hydrogens is 428 g/mol. The number of anilines is 2. The first-order chi connectivity index (χ1) is 14.3. The summed E-state index contributed by atoms with van der Waals surface area (Å²) in [5.74, 6) is 0.203. The van der Waals surface area contributed by atoms with Gasteiger partial charge < -0.3 is 20.1 Å². The minimum absolute atomic E-state index is 0.0765. The van der Waals surface area contributed by atoms with Crippen molar-refractivity contribution in [3.8, 4) is 11.5 Å². The summed E-state index contributed by atoms with van der Waals surface area (Å²) in [6.07, 6.45) is 0.160. The minimum atomic E-state index is -3.70. The maximum atomic E-state index is 12.7. The van der Waals surface area contributed by atoms with Crippen molar-refractivity contribution in [1.29, 1.82) is 0 Å². The molecule has 2 N–H and O–H groups in total. The molecule has 1 atom stereocenters. The van der Waals surface area contributed by atoms with Crippen LogP contribution in [0.4, 0.5) is 11.4 Å². The number of hydrogen-bond donors (Lipinski definition) is 2. The lowest BCUT2D eigenvalue weighted by atomic mass is 10.2. The lowest BCUT2D eigenvalue weighted by Gasteiger charge is -2.11. The molecule has 1 unspecified atom stereocenters. The Labute approximate surface area is 178 Å². The number of rotatable bonds is 5. The van der Waals surface area contributed by atoms with Gasteiger partial charge in [0.15, 0.2) is 21.3 Å². The van der Waals surface area contributed by atoms with Crippen LogP contribution in [0, 0.1) is 0 Å². The van der Waals surface area contributed by atoms with Gasteiger partial charge in [-0.25, -0.2) is 8.42 Å². The van der Waals surface area contributed by atoms with Gasteiger partial charge in [0, 0.05) is 34.7 Å². The van der Waals surface area contributed by atoms with Crippen LogP contribution in [-0.4, -0.2) is 38.0 Å². The van der Waals surface area contributed by atoms with Gasteiger partial charge in [-0.2, -0.15) is 0 Å². The first kappa shape index (κ1) is 20.5. The zero-order valence-electron chi connectivity index (χ0n) is 16.1. The van der Waals surface area contributed by atoms with E-state index in [1.807, 2.05) is 6.92 Å². The fourth-order valence-corrected chi connectivity index (χ4v) is 5.48. The standard InChI is InChI=1S/C20H20N2O6S2/c1-12-8-20(24)22-15-10-14(3-5-18(15)29-12)30(25,26)7-6-19(23)21-13-2-4-16-17(9-13)28-11-27-16/h2-5,9-10,12H,6-8,11H2,1H3,(H,21,23)(H,22,24). The number of hydrogen-bond acceptors (Lipinski definition) is 7. The summed E-state index contributed by atoms with van der Waals surface area (Å²) >= 11 is 1.52. The van der Waals surface area contributed by atoms with Crippen LogP contribution in [-0.2, 0) is 19.4 Å². The number of benzene rings is 2. The second-order valence-corrected chi connectivity index (χ2v) is 10.6. The average Bonchev–Trinajstić information content (AvgIpc) is 3.09. The van der Waals surface area contributed by atoms with Gasteiger partial charge in [0.2, 0.25) is 18.6 Å². The zero-order valence-corrected chi connectivity index (χ0v) is 17.8. The Morgan fingerprint density at radius 3 is 2.83 bits per heavy atom. The lowest BCUT2D eigenvalue weighted by Crippen LogP contribution is -2.18. The monoisotopic (exact) mass is 448 g/mol. The normalized spacial score (nSPS) is 17.6. The predicted molar refractivity (Wildman–Crippen MR) is 113 cm³/mol. The van der Waals surface area contributed by atoms with Gasteiger partial charge >= 0.3 is 0 Å². The first-order valence-electron chi connectivity index (χ1n) is 9.33. The highest BCUT2D eigenvalue weighted by Crippen LogP contribution is 2.37. The molecule has 4 rings (SSSR count). The van der Waals surface area contributed by atoms with E-state index in [0.717, 1.165) is 4.90 Å². The van der Waals surface area contributed by atoms with Gasteiger partial charge in [-0.05, 0) is 30.3 Å². The van der Waals surface area contributed by atoms with Crippen LogP contribution in [0.25, 0.3) is 0 Å². The Morgan fingerprint density at radius 1 is 1.20 bits per heavy atom. The SMILES string of the molecule is CC1CC(=O)Nc2cc(S(=O)(=O)CCC(=O)Nc3ccc4c(c3)OCO4)ccc2S1. The molecule has 8 nitrogen and oxygen atoms in total. The molecule has 2 heterocycles. The van der Waals surface area contributed by atoms with E-state index < -0.39 is 15.7 Å². The Kier molecular flexibility index (Phi) is 5.61. The van der Waals surface area contributed by atoms with Crippen molar-refractivity contribution in [3.63, 3.8) is 0 Å². The van der Waals surface area contributed by atoms with Gasteiger partial charge in [0.25, 0.3) is 0 Å². The third-order valence-corrected chi connectivity index (χ3v) is 7.53. The van der Waals surface area contributed by atoms with Crippen molar-refractivity contribution in [2.45, 2.75) is 34.8 Å². The van der Waals surface area contributed by atoms with Crippen molar-refractivity contribution >= 4 is 44.8 Å². The van der Waals surface area contributed by atoms with Gasteiger partial charge in [0.1, 0.15) is 0 Å². The van der Waals surface area contributed by atoms with Crippen LogP contribution in [0.1, 0.15) is 19.8 Å². The Hall–Kier alpha value is -2.72. The number of amides is 2. The zero-order chi connectivity index (χ0) is 21.3. The van der Waals surface area contributed by atoms with Gasteiger partial charge in [-0.15, -0.1) is 11.8 Å². The molecule has 0 spiro atoms. The summed E-state index contributed by atoms with van der Waals surface area (Å²) in [6, 6.07) is 9.64. The van der Waals surface area contributed by atoms with Crippen molar-refractivity contribution in [2.24, 2.45) is 0 Å². The minimum Gasteiger partial charge on any atom is -0.454 e. The van der Waals surface area contributed by atoms with E-state index in [2.05, 4.69) is 10.6 Å². The molecule has 2 aromatic carbocycles. The molecule has 0 saturated heterocycles. The summed E-state index contributed by atoms with van der Waals surface area (Å²) in [5, 5.41) is 5.53. The van der Waals surface area contributed by atoms with Crippen LogP contribution in [0.2, 0.25) is 0 Å². The number of carbonyl (C=O) groups excluding carboxylic acids is 2. The molecule has 2 amide bonds. The molecule has 0 bridgehead atoms. The summed E-state index contributed by atoms with van der Waals surface area (Å²) in [5.41, 5.74) is 0.987. The van der Waals surface area contributed by atoms with E-state index in [4.69, 9.17) is 9.47 Å². The van der Waals surface area contributed by atoms with E-state index in [0.29, 0.717) is 29.3 Å². The lowest BCUT2D eigenvalue weighted by molar-refractivity contribution is -0.116. The highest BCUT2D eigenvalue weighted by molar-refractivity contribution is 8.00. The molecule has 0 aromatic heterocycles. The van der Waals surface area contributed by atoms with E-state index in [-0.39, 0.29) is 35.0 Å². The highest BCUT2D eigenvalue weighted by Gasteiger charge is 2.23. The van der Waals surface area contributed by atoms with E-state index >= 15 is 0 Å².